The van der Waals surface area contributed by atoms with Crippen LogP contribution in [0.4, 0.5) is 0 Å². The summed E-state index contributed by atoms with van der Waals surface area (Å²) in [5, 5.41) is 21.9. The van der Waals surface area contributed by atoms with Gasteiger partial charge in [-0.25, -0.2) is 0 Å². The van der Waals surface area contributed by atoms with Crippen molar-refractivity contribution in [1.82, 2.24) is 0 Å². The average molecular weight is 789 g/mol. The van der Waals surface area contributed by atoms with Gasteiger partial charge in [0, 0.05) is 0 Å². The van der Waals surface area contributed by atoms with Gasteiger partial charge in [-0.1, -0.05) is 133 Å². The van der Waals surface area contributed by atoms with Gasteiger partial charge in [0.25, 0.3) is 0 Å². The molecule has 2 aliphatic rings. The van der Waals surface area contributed by atoms with Gasteiger partial charge in [-0.15, -0.1) is 0 Å². The summed E-state index contributed by atoms with van der Waals surface area (Å²) in [7, 11) is 0. The molecule has 292 valence electrons. The summed E-state index contributed by atoms with van der Waals surface area (Å²) in [6, 6.07) is 59.6. The molecule has 0 heteroatoms. The summed E-state index contributed by atoms with van der Waals surface area (Å²) in [5.74, 6) is 0. The molecule has 0 nitrogen and oxygen atoms in total. The van der Waals surface area contributed by atoms with Crippen LogP contribution in [-0.4, -0.2) is 0 Å². The predicted octanol–water partition coefficient (Wildman–Crippen LogP) is 17.7. The Morgan fingerprint density at radius 3 is 0.871 bits per heavy atom. The van der Waals surface area contributed by atoms with Gasteiger partial charge in [0.2, 0.25) is 0 Å². The zero-order valence-corrected chi connectivity index (χ0v) is 36.0. The quantitative estimate of drug-likeness (QED) is 0.134. The number of aryl methyl sites for hydroxylation is 6. The molecule has 62 heavy (non-hydrogen) atoms. The van der Waals surface area contributed by atoms with Gasteiger partial charge < -0.3 is 0 Å². The topological polar surface area (TPSA) is 0 Å². The maximum absolute atomic E-state index is 2.46. The fourth-order valence-electron chi connectivity index (χ4n) is 11.7. The fraction of sp³-hybridized carbons (Fsp3) is 0.0968. The molecule has 0 atom stereocenters. The Bertz CT molecular complexity index is 3810. The summed E-state index contributed by atoms with van der Waals surface area (Å²) < 4.78 is 0. The number of rotatable bonds is 0. The first kappa shape index (κ1) is 35.5. The monoisotopic (exact) mass is 788 g/mol. The second-order valence-corrected chi connectivity index (χ2v) is 18.3. The molecule has 0 heterocycles. The first-order valence-electron chi connectivity index (χ1n) is 22.1. The van der Waals surface area contributed by atoms with E-state index in [0.29, 0.717) is 0 Å². The van der Waals surface area contributed by atoms with E-state index < -0.39 is 0 Å². The molecule has 0 saturated carbocycles. The van der Waals surface area contributed by atoms with E-state index in [9.17, 15) is 0 Å². The molecule has 12 aromatic rings. The number of hydrogen-bond acceptors (Lipinski definition) is 0. The van der Waals surface area contributed by atoms with Crippen LogP contribution in [0.3, 0.4) is 0 Å². The Morgan fingerprint density at radius 2 is 0.468 bits per heavy atom. The van der Waals surface area contributed by atoms with E-state index in [0.717, 1.165) is 0 Å². The zero-order valence-electron chi connectivity index (χ0n) is 36.0. The average Bonchev–Trinajstić information content (AvgIpc) is 3.79. The lowest BCUT2D eigenvalue weighted by atomic mass is 9.89. The standard InChI is InChI=1S/2C31H22/c1-17-11-12-24-28-15-25-19(3)14-26-22-8-5-4-7-20(22)18(2)13-27(26)30(25)16-29(28)23-10-6-9-21(17)31(23)24;1-17-11-12-24-29-16-30-25(15-28(29)23-10-6-9-21(17)31(23)24)19(3)14-26-22-8-5-4-7-20(22)18(2)13-27(26)30/h2*4-16H,1-3H3. The van der Waals surface area contributed by atoms with Crippen LogP contribution in [0.25, 0.3) is 131 Å². The molecule has 0 aromatic heterocycles. The summed E-state index contributed by atoms with van der Waals surface area (Å²) in [5.41, 5.74) is 19.1. The Hall–Kier alpha value is -7.28. The van der Waals surface area contributed by atoms with E-state index >= 15 is 0 Å². The largest absolute Gasteiger partial charge is 0.0616 e. The fourth-order valence-corrected chi connectivity index (χ4v) is 11.7. The van der Waals surface area contributed by atoms with Gasteiger partial charge >= 0.3 is 0 Å². The lowest BCUT2D eigenvalue weighted by molar-refractivity contribution is 1.53. The molecule has 14 rings (SSSR count). The van der Waals surface area contributed by atoms with Gasteiger partial charge in [0.1, 0.15) is 0 Å². The normalized spacial score (nSPS) is 12.4. The van der Waals surface area contributed by atoms with Crippen molar-refractivity contribution in [3.63, 3.8) is 0 Å². The van der Waals surface area contributed by atoms with Crippen LogP contribution < -0.4 is 0 Å². The summed E-state index contributed by atoms with van der Waals surface area (Å²) in [6.07, 6.45) is 0. The number of fused-ring (bicyclic) bond motifs is 16. The second-order valence-electron chi connectivity index (χ2n) is 18.3. The van der Waals surface area contributed by atoms with Crippen molar-refractivity contribution < 1.29 is 0 Å². The smallest absolute Gasteiger partial charge is 0.00237 e. The Morgan fingerprint density at radius 1 is 0.177 bits per heavy atom. The second kappa shape index (κ2) is 12.6. The maximum Gasteiger partial charge on any atom is -0.00237 e. The number of hydrogen-bond donors (Lipinski definition) is 0. The molecule has 0 radical (unpaired) electrons. The summed E-state index contributed by atoms with van der Waals surface area (Å²) in [4.78, 5) is 0. The van der Waals surface area contributed by atoms with Crippen LogP contribution in [0.2, 0.25) is 0 Å². The SMILES string of the molecule is Cc1ccc2c3c(cccc13)-c1cc3c(C)cc4c5ccccc5c(C)cc4c3cc1-2.Cc1ccc2c3c(cccc13)-c1cc3c(cc1-2)c(C)cc1c2ccccc2c(C)cc31. The molecule has 0 spiro atoms. The van der Waals surface area contributed by atoms with Gasteiger partial charge in [-0.05, 0) is 230 Å². The van der Waals surface area contributed by atoms with E-state index in [1.54, 1.807) is 0 Å². The van der Waals surface area contributed by atoms with Crippen molar-refractivity contribution in [2.45, 2.75) is 41.5 Å². The lowest BCUT2D eigenvalue weighted by Crippen LogP contribution is -1.88. The maximum atomic E-state index is 2.46. The molecule has 0 saturated heterocycles. The van der Waals surface area contributed by atoms with Crippen molar-refractivity contribution in [1.29, 1.82) is 0 Å². The molecule has 0 N–H and O–H groups in total. The molecule has 0 unspecified atom stereocenters. The van der Waals surface area contributed by atoms with E-state index in [4.69, 9.17) is 0 Å². The minimum Gasteiger partial charge on any atom is -0.0616 e. The van der Waals surface area contributed by atoms with Crippen LogP contribution in [0.15, 0.2) is 158 Å². The first-order chi connectivity index (χ1) is 30.2. The highest BCUT2D eigenvalue weighted by Crippen LogP contribution is 2.52. The van der Waals surface area contributed by atoms with E-state index in [-0.39, 0.29) is 0 Å². The minimum atomic E-state index is 1.34. The van der Waals surface area contributed by atoms with Crippen LogP contribution in [0.5, 0.6) is 0 Å². The van der Waals surface area contributed by atoms with Crippen molar-refractivity contribution in [2.24, 2.45) is 0 Å². The van der Waals surface area contributed by atoms with Gasteiger partial charge in [0.15, 0.2) is 0 Å². The highest BCUT2D eigenvalue weighted by atomic mass is 14.3. The molecular weight excluding hydrogens is 745 g/mol. The van der Waals surface area contributed by atoms with Crippen LogP contribution in [0.1, 0.15) is 33.4 Å². The Balaban J connectivity index is 0.000000126. The molecule has 2 aliphatic carbocycles. The van der Waals surface area contributed by atoms with Crippen LogP contribution in [0, 0.1) is 41.5 Å². The molecular formula is C62H44. The third-order valence-electron chi connectivity index (χ3n) is 14.7. The Kier molecular flexibility index (Phi) is 7.23. The van der Waals surface area contributed by atoms with E-state index in [2.05, 4.69) is 199 Å². The van der Waals surface area contributed by atoms with Crippen molar-refractivity contribution in [3.8, 4) is 44.5 Å². The highest BCUT2D eigenvalue weighted by molar-refractivity contribution is 6.25. The molecule has 0 fully saturated rings. The van der Waals surface area contributed by atoms with E-state index in [1.165, 1.54) is 164 Å². The third-order valence-corrected chi connectivity index (χ3v) is 14.7. The van der Waals surface area contributed by atoms with Gasteiger partial charge in [0.05, 0.1) is 0 Å². The first-order valence-corrected chi connectivity index (χ1v) is 22.1. The summed E-state index contributed by atoms with van der Waals surface area (Å²) in [6.45, 7) is 13.4. The van der Waals surface area contributed by atoms with Crippen LogP contribution in [-0.2, 0) is 0 Å². The lowest BCUT2D eigenvalue weighted by Gasteiger charge is -2.14. The Labute approximate surface area is 361 Å². The minimum absolute atomic E-state index is 1.34. The summed E-state index contributed by atoms with van der Waals surface area (Å²) >= 11 is 0. The third kappa shape index (κ3) is 4.73. The van der Waals surface area contributed by atoms with Crippen LogP contribution >= 0.6 is 0 Å². The molecule has 12 aromatic carbocycles. The highest BCUT2D eigenvalue weighted by Gasteiger charge is 2.25. The zero-order chi connectivity index (χ0) is 41.7. The van der Waals surface area contributed by atoms with Crippen molar-refractivity contribution in [3.05, 3.63) is 191 Å². The number of benzene rings is 12. The predicted molar refractivity (Wildman–Crippen MR) is 270 cm³/mol. The van der Waals surface area contributed by atoms with Gasteiger partial charge in [-0.2, -0.15) is 0 Å². The molecule has 0 amide bonds. The van der Waals surface area contributed by atoms with E-state index in [1.807, 2.05) is 0 Å². The molecule has 0 bridgehead atoms. The van der Waals surface area contributed by atoms with Gasteiger partial charge in [-0.3, -0.25) is 0 Å². The van der Waals surface area contributed by atoms with Crippen molar-refractivity contribution in [2.75, 3.05) is 0 Å². The molecule has 0 aliphatic heterocycles. The van der Waals surface area contributed by atoms with Crippen molar-refractivity contribution >= 4 is 86.2 Å².